The summed E-state index contributed by atoms with van der Waals surface area (Å²) in [6, 6.07) is 5.62. The first-order valence-corrected chi connectivity index (χ1v) is 6.66. The molecule has 1 fully saturated rings. The van der Waals surface area contributed by atoms with Crippen molar-refractivity contribution in [2.24, 2.45) is 11.0 Å². The van der Waals surface area contributed by atoms with E-state index in [0.717, 1.165) is 25.0 Å². The van der Waals surface area contributed by atoms with Gasteiger partial charge in [0.05, 0.1) is 4.92 Å². The topological polar surface area (TPSA) is 84.6 Å². The summed E-state index contributed by atoms with van der Waals surface area (Å²) < 4.78 is 0. The van der Waals surface area contributed by atoms with Gasteiger partial charge in [0, 0.05) is 23.4 Å². The van der Waals surface area contributed by atoms with Crippen LogP contribution >= 0.6 is 0 Å². The predicted molar refractivity (Wildman–Crippen MR) is 75.6 cm³/mol. The van der Waals surface area contributed by atoms with Crippen molar-refractivity contribution in [3.05, 3.63) is 39.9 Å². The van der Waals surface area contributed by atoms with Crippen molar-refractivity contribution in [3.63, 3.8) is 0 Å². The summed E-state index contributed by atoms with van der Waals surface area (Å²) >= 11 is 0. The number of nitro benzene ring substituents is 1. The Morgan fingerprint density at radius 2 is 2.30 bits per heavy atom. The molecule has 0 unspecified atom stereocenters. The minimum absolute atomic E-state index is 0.100. The zero-order chi connectivity index (χ0) is 14.5. The smallest absolute Gasteiger partial charge is 0.267 e. The number of rotatable bonds is 3. The van der Waals surface area contributed by atoms with Gasteiger partial charge in [0.15, 0.2) is 0 Å². The summed E-state index contributed by atoms with van der Waals surface area (Å²) in [6.07, 6.45) is 4.08. The van der Waals surface area contributed by atoms with Gasteiger partial charge in [-0.15, -0.1) is 0 Å². The molecule has 1 aliphatic rings. The monoisotopic (exact) mass is 275 g/mol. The van der Waals surface area contributed by atoms with Crippen molar-refractivity contribution in [1.82, 2.24) is 5.43 Å². The van der Waals surface area contributed by atoms with Gasteiger partial charge in [0.1, 0.15) is 0 Å². The Balaban J connectivity index is 2.03. The summed E-state index contributed by atoms with van der Waals surface area (Å²) in [7, 11) is 0. The van der Waals surface area contributed by atoms with Crippen LogP contribution < -0.4 is 5.43 Å². The van der Waals surface area contributed by atoms with E-state index in [9.17, 15) is 14.9 Å². The second-order valence-electron chi connectivity index (χ2n) is 5.13. The average molecular weight is 275 g/mol. The van der Waals surface area contributed by atoms with E-state index in [2.05, 4.69) is 17.5 Å². The van der Waals surface area contributed by atoms with Crippen LogP contribution in [0.25, 0.3) is 0 Å². The lowest BCUT2D eigenvalue weighted by Gasteiger charge is -2.18. The lowest BCUT2D eigenvalue weighted by atomic mass is 9.89. The van der Waals surface area contributed by atoms with Crippen LogP contribution in [0.2, 0.25) is 0 Å². The number of nitrogens with zero attached hydrogens (tertiary/aromatic N) is 2. The minimum Gasteiger partial charge on any atom is -0.267 e. The van der Waals surface area contributed by atoms with E-state index in [1.165, 1.54) is 30.7 Å². The Labute approximate surface area is 117 Å². The molecule has 0 radical (unpaired) electrons. The molecule has 2 rings (SSSR count). The molecule has 1 aromatic rings. The molecule has 6 nitrogen and oxygen atoms in total. The van der Waals surface area contributed by atoms with Crippen LogP contribution in [-0.4, -0.2) is 16.5 Å². The SMILES string of the molecule is C[C@H]1CCC/C(=N\NC(=O)c2cccc([N+](=O)[O-])c2)C1. The van der Waals surface area contributed by atoms with Crippen LogP contribution in [0, 0.1) is 16.0 Å². The van der Waals surface area contributed by atoms with E-state index in [1.807, 2.05) is 0 Å². The Hall–Kier alpha value is -2.24. The minimum atomic E-state index is -0.522. The summed E-state index contributed by atoms with van der Waals surface area (Å²) in [5.74, 6) is 0.177. The number of nitrogens with one attached hydrogen (secondary N) is 1. The molecule has 0 aromatic heterocycles. The van der Waals surface area contributed by atoms with Gasteiger partial charge in [-0.25, -0.2) is 5.43 Å². The lowest BCUT2D eigenvalue weighted by Crippen LogP contribution is -2.22. The lowest BCUT2D eigenvalue weighted by molar-refractivity contribution is -0.384. The second-order valence-corrected chi connectivity index (χ2v) is 5.13. The average Bonchev–Trinajstić information content (AvgIpc) is 2.45. The van der Waals surface area contributed by atoms with Crippen LogP contribution in [-0.2, 0) is 0 Å². The number of carbonyl (C=O) groups excluding carboxylic acids is 1. The number of non-ortho nitro benzene ring substituents is 1. The highest BCUT2D eigenvalue weighted by Gasteiger charge is 2.15. The van der Waals surface area contributed by atoms with E-state index in [-0.39, 0.29) is 11.3 Å². The highest BCUT2D eigenvalue weighted by atomic mass is 16.6. The third-order valence-corrected chi connectivity index (χ3v) is 3.38. The van der Waals surface area contributed by atoms with E-state index in [1.54, 1.807) is 0 Å². The molecular formula is C14H17N3O3. The van der Waals surface area contributed by atoms with Gasteiger partial charge in [-0.2, -0.15) is 5.10 Å². The van der Waals surface area contributed by atoms with Crippen molar-refractivity contribution in [2.45, 2.75) is 32.6 Å². The van der Waals surface area contributed by atoms with Gasteiger partial charge in [0.2, 0.25) is 0 Å². The maximum absolute atomic E-state index is 11.9. The van der Waals surface area contributed by atoms with Crippen LogP contribution in [0.5, 0.6) is 0 Å². The molecule has 1 N–H and O–H groups in total. The maximum Gasteiger partial charge on any atom is 0.271 e. The van der Waals surface area contributed by atoms with Gasteiger partial charge in [-0.3, -0.25) is 14.9 Å². The van der Waals surface area contributed by atoms with E-state index in [0.29, 0.717) is 5.92 Å². The molecule has 1 atom stereocenters. The standard InChI is InChI=1S/C14H17N3O3/c1-10-4-2-6-12(8-10)15-16-14(18)11-5-3-7-13(9-11)17(19)20/h3,5,7,9-10H,2,4,6,8H2,1H3,(H,16,18)/b15-12+/t10-/m0/s1. The first-order valence-electron chi connectivity index (χ1n) is 6.66. The Morgan fingerprint density at radius 3 is 3.00 bits per heavy atom. The molecule has 20 heavy (non-hydrogen) atoms. The quantitative estimate of drug-likeness (QED) is 0.680. The molecule has 1 aromatic carbocycles. The summed E-state index contributed by atoms with van der Waals surface area (Å²) in [5, 5.41) is 14.8. The molecule has 0 heterocycles. The fourth-order valence-corrected chi connectivity index (χ4v) is 2.32. The molecule has 106 valence electrons. The van der Waals surface area contributed by atoms with Crippen molar-refractivity contribution in [2.75, 3.05) is 0 Å². The highest BCUT2D eigenvalue weighted by Crippen LogP contribution is 2.21. The van der Waals surface area contributed by atoms with Crippen molar-refractivity contribution in [1.29, 1.82) is 0 Å². The molecule has 1 saturated carbocycles. The van der Waals surface area contributed by atoms with Crippen molar-refractivity contribution < 1.29 is 9.72 Å². The number of benzene rings is 1. The van der Waals surface area contributed by atoms with Gasteiger partial charge >= 0.3 is 0 Å². The predicted octanol–water partition coefficient (Wildman–Crippen LogP) is 2.89. The fourth-order valence-electron chi connectivity index (χ4n) is 2.32. The van der Waals surface area contributed by atoms with Crippen LogP contribution in [0.15, 0.2) is 29.4 Å². The van der Waals surface area contributed by atoms with Gasteiger partial charge in [0.25, 0.3) is 11.6 Å². The van der Waals surface area contributed by atoms with Gasteiger partial charge in [-0.05, 0) is 37.7 Å². The summed E-state index contributed by atoms with van der Waals surface area (Å²) in [4.78, 5) is 22.0. The van der Waals surface area contributed by atoms with E-state index < -0.39 is 10.8 Å². The molecule has 0 saturated heterocycles. The fraction of sp³-hybridized carbons (Fsp3) is 0.429. The zero-order valence-corrected chi connectivity index (χ0v) is 11.3. The van der Waals surface area contributed by atoms with Crippen LogP contribution in [0.4, 0.5) is 5.69 Å². The Morgan fingerprint density at radius 1 is 1.50 bits per heavy atom. The Kier molecular flexibility index (Phi) is 4.45. The van der Waals surface area contributed by atoms with Crippen LogP contribution in [0.3, 0.4) is 0 Å². The first kappa shape index (κ1) is 14.2. The van der Waals surface area contributed by atoms with E-state index in [4.69, 9.17) is 0 Å². The number of amides is 1. The van der Waals surface area contributed by atoms with Gasteiger partial charge < -0.3 is 0 Å². The van der Waals surface area contributed by atoms with Gasteiger partial charge in [-0.1, -0.05) is 13.0 Å². The van der Waals surface area contributed by atoms with E-state index >= 15 is 0 Å². The normalized spacial score (nSPS) is 20.6. The van der Waals surface area contributed by atoms with Crippen molar-refractivity contribution >= 4 is 17.3 Å². The van der Waals surface area contributed by atoms with Crippen LogP contribution in [0.1, 0.15) is 43.0 Å². The summed E-state index contributed by atoms with van der Waals surface area (Å²) in [6.45, 7) is 2.16. The third kappa shape index (κ3) is 3.63. The zero-order valence-electron chi connectivity index (χ0n) is 11.3. The van der Waals surface area contributed by atoms with Crippen molar-refractivity contribution in [3.8, 4) is 0 Å². The maximum atomic E-state index is 11.9. The molecule has 0 spiro atoms. The third-order valence-electron chi connectivity index (χ3n) is 3.38. The molecule has 1 amide bonds. The second kappa shape index (κ2) is 6.27. The number of hydrogen-bond acceptors (Lipinski definition) is 4. The largest absolute Gasteiger partial charge is 0.271 e. The highest BCUT2D eigenvalue weighted by molar-refractivity contribution is 5.96. The molecule has 6 heteroatoms. The molecule has 1 aliphatic carbocycles. The number of nitro groups is 1. The molecule has 0 aliphatic heterocycles. The number of hydrogen-bond donors (Lipinski definition) is 1. The first-order chi connectivity index (χ1) is 9.56. The summed E-state index contributed by atoms with van der Waals surface area (Å²) in [5.41, 5.74) is 3.61. The number of hydrazone groups is 1. The number of carbonyl (C=O) groups is 1. The molecule has 0 bridgehead atoms. The molecular weight excluding hydrogens is 258 g/mol. The Bertz CT molecular complexity index is 554.